The topological polar surface area (TPSA) is 51.8 Å². The third kappa shape index (κ3) is 4.43. The van der Waals surface area contributed by atoms with Crippen molar-refractivity contribution in [1.82, 2.24) is 15.0 Å². The van der Waals surface area contributed by atoms with Gasteiger partial charge >= 0.3 is 0 Å². The lowest BCUT2D eigenvalue weighted by atomic mass is 10.0. The van der Waals surface area contributed by atoms with Crippen LogP contribution in [0.4, 0.5) is 0 Å². The number of nitrogens with zero attached hydrogens (tertiary/aromatic N) is 3. The summed E-state index contributed by atoms with van der Waals surface area (Å²) < 4.78 is 6.29. The summed E-state index contributed by atoms with van der Waals surface area (Å²) >= 11 is 0. The Labute approximate surface area is 259 Å². The molecule has 0 aliphatic carbocycles. The summed E-state index contributed by atoms with van der Waals surface area (Å²) in [4.78, 5) is 15.3. The smallest absolute Gasteiger partial charge is 0.164 e. The first kappa shape index (κ1) is 25.4. The monoisotopic (exact) mass is 575 g/mol. The molecule has 0 aliphatic heterocycles. The quantitative estimate of drug-likeness (QED) is 0.209. The maximum Gasteiger partial charge on any atom is 0.164 e. The number of benzene rings is 7. The zero-order valence-corrected chi connectivity index (χ0v) is 24.2. The molecule has 7 aromatic carbocycles. The molecule has 45 heavy (non-hydrogen) atoms. The molecule has 4 heteroatoms. The largest absolute Gasteiger partial charge is 0.456 e. The van der Waals surface area contributed by atoms with Crippen LogP contribution in [0.2, 0.25) is 0 Å². The molecule has 2 heterocycles. The molecule has 0 fully saturated rings. The van der Waals surface area contributed by atoms with Gasteiger partial charge in [0.05, 0.1) is 0 Å². The van der Waals surface area contributed by atoms with Crippen LogP contribution in [0.3, 0.4) is 0 Å². The Morgan fingerprint density at radius 3 is 1.78 bits per heavy atom. The molecule has 4 nitrogen and oxygen atoms in total. The van der Waals surface area contributed by atoms with Gasteiger partial charge in [-0.2, -0.15) is 0 Å². The SMILES string of the molecule is c1ccc(-c2cccc(-c3nc(-c4ccc5oc6cc7ccccc7cc6c5c4)nc(-c4cccc5ccccc45)n3)c2)cc1. The van der Waals surface area contributed by atoms with Crippen LogP contribution >= 0.6 is 0 Å². The summed E-state index contributed by atoms with van der Waals surface area (Å²) in [5, 5.41) is 6.69. The average molecular weight is 576 g/mol. The van der Waals surface area contributed by atoms with Crippen LogP contribution < -0.4 is 0 Å². The first-order valence-electron chi connectivity index (χ1n) is 15.0. The first-order chi connectivity index (χ1) is 22.3. The molecule has 0 saturated heterocycles. The Balaban J connectivity index is 1.26. The van der Waals surface area contributed by atoms with Crippen molar-refractivity contribution >= 4 is 43.5 Å². The molecule has 0 amide bonds. The van der Waals surface area contributed by atoms with E-state index in [2.05, 4.69) is 133 Å². The van der Waals surface area contributed by atoms with Gasteiger partial charge in [0.1, 0.15) is 11.2 Å². The molecule has 2 aromatic heterocycles. The molecule has 0 atom stereocenters. The lowest BCUT2D eigenvalue weighted by molar-refractivity contribution is 0.669. The van der Waals surface area contributed by atoms with Gasteiger partial charge in [0.2, 0.25) is 0 Å². The van der Waals surface area contributed by atoms with E-state index in [9.17, 15) is 0 Å². The molecule has 0 bridgehead atoms. The van der Waals surface area contributed by atoms with Crippen LogP contribution in [-0.4, -0.2) is 15.0 Å². The Hall–Kier alpha value is -6.13. The second-order valence-electron chi connectivity index (χ2n) is 11.3. The number of furan rings is 1. The highest BCUT2D eigenvalue weighted by Crippen LogP contribution is 2.36. The van der Waals surface area contributed by atoms with Gasteiger partial charge in [-0.15, -0.1) is 0 Å². The minimum Gasteiger partial charge on any atom is -0.456 e. The van der Waals surface area contributed by atoms with Gasteiger partial charge < -0.3 is 4.42 Å². The van der Waals surface area contributed by atoms with Gasteiger partial charge in [-0.25, -0.2) is 15.0 Å². The fraction of sp³-hybridized carbons (Fsp3) is 0. The summed E-state index contributed by atoms with van der Waals surface area (Å²) in [6.45, 7) is 0. The van der Waals surface area contributed by atoms with E-state index >= 15 is 0 Å². The number of aromatic nitrogens is 3. The van der Waals surface area contributed by atoms with Crippen molar-refractivity contribution in [3.05, 3.63) is 152 Å². The summed E-state index contributed by atoms with van der Waals surface area (Å²) in [5.74, 6) is 1.88. The summed E-state index contributed by atoms with van der Waals surface area (Å²) in [7, 11) is 0. The normalized spacial score (nSPS) is 11.6. The maximum absolute atomic E-state index is 6.29. The third-order valence-electron chi connectivity index (χ3n) is 8.49. The van der Waals surface area contributed by atoms with E-state index in [4.69, 9.17) is 19.4 Å². The van der Waals surface area contributed by atoms with E-state index in [1.807, 2.05) is 18.2 Å². The fourth-order valence-electron chi connectivity index (χ4n) is 6.24. The molecule has 9 rings (SSSR count). The highest BCUT2D eigenvalue weighted by atomic mass is 16.3. The molecule has 0 radical (unpaired) electrons. The van der Waals surface area contributed by atoms with E-state index in [1.165, 1.54) is 5.39 Å². The van der Waals surface area contributed by atoms with E-state index in [0.29, 0.717) is 17.5 Å². The molecule has 0 spiro atoms. The lowest BCUT2D eigenvalue weighted by Crippen LogP contribution is -2.00. The van der Waals surface area contributed by atoms with Gasteiger partial charge in [0.25, 0.3) is 0 Å². The van der Waals surface area contributed by atoms with Crippen LogP contribution in [0.5, 0.6) is 0 Å². The van der Waals surface area contributed by atoms with Gasteiger partial charge in [-0.05, 0) is 69.1 Å². The van der Waals surface area contributed by atoms with Crippen molar-refractivity contribution in [3.63, 3.8) is 0 Å². The summed E-state index contributed by atoms with van der Waals surface area (Å²) in [5.41, 5.74) is 6.77. The predicted octanol–water partition coefficient (Wildman–Crippen LogP) is 10.7. The number of hydrogen-bond acceptors (Lipinski definition) is 4. The number of hydrogen-bond donors (Lipinski definition) is 0. The second-order valence-corrected chi connectivity index (χ2v) is 11.3. The van der Waals surface area contributed by atoms with Gasteiger partial charge in [0.15, 0.2) is 17.5 Å². The van der Waals surface area contributed by atoms with Crippen molar-refractivity contribution in [2.45, 2.75) is 0 Å². The molecular formula is C41H25N3O. The first-order valence-corrected chi connectivity index (χ1v) is 15.0. The summed E-state index contributed by atoms with van der Waals surface area (Å²) in [6.07, 6.45) is 0. The lowest BCUT2D eigenvalue weighted by Gasteiger charge is -2.11. The van der Waals surface area contributed by atoms with Gasteiger partial charge in [-0.3, -0.25) is 0 Å². The standard InChI is InChI=1S/C41H25N3O/c1-2-10-26(11-3-1)28-16-8-17-31(22-28)39-42-40(44-41(43-39)34-19-9-15-27-12-6-7-18-33(27)34)32-20-21-37-35(24-32)36-23-29-13-4-5-14-30(29)25-38(36)45-37/h1-25H. The molecule has 0 N–H and O–H groups in total. The fourth-order valence-corrected chi connectivity index (χ4v) is 6.24. The van der Waals surface area contributed by atoms with Crippen molar-refractivity contribution in [2.24, 2.45) is 0 Å². The summed E-state index contributed by atoms with van der Waals surface area (Å²) in [6, 6.07) is 52.3. The van der Waals surface area contributed by atoms with Crippen LogP contribution in [0, 0.1) is 0 Å². The maximum atomic E-state index is 6.29. The third-order valence-corrected chi connectivity index (χ3v) is 8.49. The van der Waals surface area contributed by atoms with Crippen molar-refractivity contribution < 1.29 is 4.42 Å². The minimum absolute atomic E-state index is 0.616. The van der Waals surface area contributed by atoms with Gasteiger partial charge in [-0.1, -0.05) is 115 Å². The number of rotatable bonds is 4. The highest BCUT2D eigenvalue weighted by molar-refractivity contribution is 6.11. The highest BCUT2D eigenvalue weighted by Gasteiger charge is 2.16. The average Bonchev–Trinajstić information content (AvgIpc) is 3.47. The molecule has 0 saturated carbocycles. The van der Waals surface area contributed by atoms with E-state index in [0.717, 1.165) is 65.9 Å². The van der Waals surface area contributed by atoms with Crippen LogP contribution in [0.1, 0.15) is 0 Å². The molecule has 9 aromatic rings. The van der Waals surface area contributed by atoms with Crippen LogP contribution in [0.15, 0.2) is 156 Å². The Kier molecular flexibility index (Phi) is 5.78. The van der Waals surface area contributed by atoms with Crippen molar-refractivity contribution in [2.75, 3.05) is 0 Å². The van der Waals surface area contributed by atoms with E-state index in [1.54, 1.807) is 0 Å². The van der Waals surface area contributed by atoms with Crippen LogP contribution in [0.25, 0.3) is 88.8 Å². The van der Waals surface area contributed by atoms with Gasteiger partial charge in [0, 0.05) is 27.5 Å². The second kappa shape index (κ2) is 10.2. The molecule has 0 aliphatic rings. The zero-order chi connectivity index (χ0) is 29.7. The molecule has 210 valence electrons. The van der Waals surface area contributed by atoms with Crippen molar-refractivity contribution in [1.29, 1.82) is 0 Å². The van der Waals surface area contributed by atoms with Crippen molar-refractivity contribution in [3.8, 4) is 45.3 Å². The Bertz CT molecular complexity index is 2540. The molecular weight excluding hydrogens is 550 g/mol. The predicted molar refractivity (Wildman–Crippen MR) is 184 cm³/mol. The number of fused-ring (bicyclic) bond motifs is 5. The van der Waals surface area contributed by atoms with E-state index < -0.39 is 0 Å². The van der Waals surface area contributed by atoms with E-state index in [-0.39, 0.29) is 0 Å². The minimum atomic E-state index is 0.616. The Morgan fingerprint density at radius 2 is 0.933 bits per heavy atom. The molecule has 0 unspecified atom stereocenters. The van der Waals surface area contributed by atoms with Crippen LogP contribution in [-0.2, 0) is 0 Å². The Morgan fingerprint density at radius 1 is 0.333 bits per heavy atom. The zero-order valence-electron chi connectivity index (χ0n) is 24.2.